The van der Waals surface area contributed by atoms with Crippen molar-refractivity contribution >= 4 is 29.6 Å². The Morgan fingerprint density at radius 3 is 2.22 bits per heavy atom. The van der Waals surface area contributed by atoms with Crippen molar-refractivity contribution in [1.82, 2.24) is 14.7 Å². The van der Waals surface area contributed by atoms with Crippen LogP contribution in [-0.2, 0) is 23.9 Å². The largest absolute Gasteiger partial charge is 0.467 e. The predicted molar refractivity (Wildman–Crippen MR) is 84.8 cm³/mol. The summed E-state index contributed by atoms with van der Waals surface area (Å²) in [7, 11) is 4.59. The number of likely N-dealkylation sites (N-methyl/N-ethyl adjacent to an activating group) is 1. The first-order valence-corrected chi connectivity index (χ1v) is 8.52. The van der Waals surface area contributed by atoms with Crippen LogP contribution in [0.4, 0.5) is 0 Å². The second-order valence-electron chi connectivity index (χ2n) is 5.63. The van der Waals surface area contributed by atoms with Crippen molar-refractivity contribution in [2.75, 3.05) is 59.7 Å². The summed E-state index contributed by atoms with van der Waals surface area (Å²) in [5, 5.41) is -0.788. The normalized spacial score (nSPS) is 26.1. The molecule has 0 unspecified atom stereocenters. The highest BCUT2D eigenvalue weighted by Gasteiger charge is 2.46. The van der Waals surface area contributed by atoms with Gasteiger partial charge >= 0.3 is 11.9 Å². The van der Waals surface area contributed by atoms with E-state index in [4.69, 9.17) is 9.47 Å². The van der Waals surface area contributed by atoms with Gasteiger partial charge < -0.3 is 19.3 Å². The molecule has 9 heteroatoms. The number of carbonyl (C=O) groups excluding carboxylic acids is 3. The minimum Gasteiger partial charge on any atom is -0.467 e. The van der Waals surface area contributed by atoms with Crippen LogP contribution >= 0.6 is 11.8 Å². The number of hydrogen-bond acceptors (Lipinski definition) is 8. The van der Waals surface area contributed by atoms with Crippen LogP contribution in [0.25, 0.3) is 0 Å². The molecule has 2 aliphatic rings. The van der Waals surface area contributed by atoms with Crippen LogP contribution in [0, 0.1) is 0 Å². The zero-order valence-corrected chi connectivity index (χ0v) is 14.5. The molecule has 130 valence electrons. The molecule has 0 aromatic rings. The second-order valence-corrected chi connectivity index (χ2v) is 6.74. The van der Waals surface area contributed by atoms with E-state index in [2.05, 4.69) is 4.90 Å². The van der Waals surface area contributed by atoms with E-state index in [1.54, 1.807) is 0 Å². The standard InChI is InChI=1S/C14H23N3O5S/c1-15-4-6-16(7-5-15)8-11(18)17-10(13(19)21-2)9-23-12(17)14(20)22-3/h10,12H,4-9H2,1-3H3/t10-,12-/m1/s1. The van der Waals surface area contributed by atoms with E-state index in [1.807, 2.05) is 11.9 Å². The van der Waals surface area contributed by atoms with Crippen LogP contribution in [0.2, 0.25) is 0 Å². The first-order valence-electron chi connectivity index (χ1n) is 7.47. The van der Waals surface area contributed by atoms with Gasteiger partial charge in [-0.05, 0) is 7.05 Å². The summed E-state index contributed by atoms with van der Waals surface area (Å²) < 4.78 is 9.52. The van der Waals surface area contributed by atoms with E-state index >= 15 is 0 Å². The smallest absolute Gasteiger partial charge is 0.339 e. The van der Waals surface area contributed by atoms with E-state index in [9.17, 15) is 14.4 Å². The highest BCUT2D eigenvalue weighted by molar-refractivity contribution is 8.00. The Hall–Kier alpha value is -1.32. The van der Waals surface area contributed by atoms with Crippen LogP contribution in [0.5, 0.6) is 0 Å². The van der Waals surface area contributed by atoms with E-state index in [1.165, 1.54) is 30.9 Å². The van der Waals surface area contributed by atoms with Gasteiger partial charge in [0.2, 0.25) is 5.91 Å². The number of rotatable bonds is 4. The lowest BCUT2D eigenvalue weighted by atomic mass is 10.2. The average molecular weight is 345 g/mol. The third kappa shape index (κ3) is 4.15. The quantitative estimate of drug-likeness (QED) is 0.591. The van der Waals surface area contributed by atoms with Crippen molar-refractivity contribution in [1.29, 1.82) is 0 Å². The number of thioether (sulfide) groups is 1. The van der Waals surface area contributed by atoms with E-state index in [-0.39, 0.29) is 12.5 Å². The maximum absolute atomic E-state index is 12.7. The molecule has 0 spiro atoms. The molecule has 2 fully saturated rings. The SMILES string of the molecule is COC(=O)[C@H]1CS[C@H](C(=O)OC)N1C(=O)CN1CCN(C)CC1. The second kappa shape index (κ2) is 7.98. The Bertz CT molecular complexity index is 443. The summed E-state index contributed by atoms with van der Waals surface area (Å²) in [4.78, 5) is 42.1. The molecule has 0 radical (unpaired) electrons. The predicted octanol–water partition coefficient (Wildman–Crippen LogP) is -1.15. The van der Waals surface area contributed by atoms with E-state index < -0.39 is 23.4 Å². The monoisotopic (exact) mass is 345 g/mol. The van der Waals surface area contributed by atoms with Crippen molar-refractivity contribution < 1.29 is 23.9 Å². The Morgan fingerprint density at radius 1 is 1.04 bits per heavy atom. The summed E-state index contributed by atoms with van der Waals surface area (Å²) in [6.45, 7) is 3.55. The molecular formula is C14H23N3O5S. The highest BCUT2D eigenvalue weighted by atomic mass is 32.2. The molecule has 0 saturated carbocycles. The third-order valence-corrected chi connectivity index (χ3v) is 5.36. The van der Waals surface area contributed by atoms with Gasteiger partial charge in [-0.3, -0.25) is 9.69 Å². The molecule has 2 atom stereocenters. The zero-order chi connectivity index (χ0) is 17.0. The molecule has 0 aromatic heterocycles. The Labute approximate surface area is 140 Å². The third-order valence-electron chi connectivity index (χ3n) is 4.12. The number of nitrogens with zero attached hydrogens (tertiary/aromatic N) is 3. The Balaban J connectivity index is 2.07. The zero-order valence-electron chi connectivity index (χ0n) is 13.7. The summed E-state index contributed by atoms with van der Waals surface area (Å²) in [5.41, 5.74) is 0. The molecule has 1 amide bonds. The van der Waals surface area contributed by atoms with Gasteiger partial charge in [0.25, 0.3) is 0 Å². The number of amides is 1. The molecule has 8 nitrogen and oxygen atoms in total. The van der Waals surface area contributed by atoms with Gasteiger partial charge in [0, 0.05) is 31.9 Å². The number of esters is 2. The van der Waals surface area contributed by atoms with Gasteiger partial charge in [-0.15, -0.1) is 11.8 Å². The molecule has 23 heavy (non-hydrogen) atoms. The molecule has 2 aliphatic heterocycles. The summed E-state index contributed by atoms with van der Waals surface area (Å²) in [6, 6.07) is -0.742. The van der Waals surface area contributed by atoms with Crippen LogP contribution in [0.3, 0.4) is 0 Å². The average Bonchev–Trinajstić information content (AvgIpc) is 3.00. The summed E-state index contributed by atoms with van der Waals surface area (Å²) >= 11 is 1.23. The Morgan fingerprint density at radius 2 is 1.65 bits per heavy atom. The molecule has 0 bridgehead atoms. The van der Waals surface area contributed by atoms with Crippen molar-refractivity contribution in [3.05, 3.63) is 0 Å². The van der Waals surface area contributed by atoms with Crippen molar-refractivity contribution in [3.63, 3.8) is 0 Å². The minimum atomic E-state index is -0.788. The van der Waals surface area contributed by atoms with Gasteiger partial charge in [0.05, 0.1) is 20.8 Å². The fourth-order valence-corrected chi connectivity index (χ4v) is 4.01. The first kappa shape index (κ1) is 18.0. The number of hydrogen-bond donors (Lipinski definition) is 0. The van der Waals surface area contributed by atoms with Crippen molar-refractivity contribution in [3.8, 4) is 0 Å². The lowest BCUT2D eigenvalue weighted by molar-refractivity contribution is -0.157. The fourth-order valence-electron chi connectivity index (χ4n) is 2.69. The molecule has 2 heterocycles. The van der Waals surface area contributed by atoms with Gasteiger partial charge in [-0.1, -0.05) is 0 Å². The maximum atomic E-state index is 12.7. The van der Waals surface area contributed by atoms with Gasteiger partial charge in [-0.2, -0.15) is 0 Å². The van der Waals surface area contributed by atoms with Gasteiger partial charge in [-0.25, -0.2) is 9.59 Å². The number of ether oxygens (including phenoxy) is 2. The minimum absolute atomic E-state index is 0.190. The van der Waals surface area contributed by atoms with Crippen molar-refractivity contribution in [2.24, 2.45) is 0 Å². The van der Waals surface area contributed by atoms with Crippen LogP contribution in [0.1, 0.15) is 0 Å². The molecule has 0 N–H and O–H groups in total. The molecule has 0 aromatic carbocycles. The lowest BCUT2D eigenvalue weighted by Crippen LogP contribution is -2.54. The molecular weight excluding hydrogens is 322 g/mol. The summed E-state index contributed by atoms with van der Waals surface area (Å²) in [5.74, 6) is -0.935. The van der Waals surface area contributed by atoms with Gasteiger partial charge in [0.15, 0.2) is 5.37 Å². The maximum Gasteiger partial charge on any atom is 0.339 e. The first-order chi connectivity index (χ1) is 11.0. The van der Waals surface area contributed by atoms with Gasteiger partial charge in [0.1, 0.15) is 6.04 Å². The van der Waals surface area contributed by atoms with Crippen LogP contribution in [0.15, 0.2) is 0 Å². The number of methoxy groups -OCH3 is 2. The van der Waals surface area contributed by atoms with E-state index in [0.29, 0.717) is 5.75 Å². The van der Waals surface area contributed by atoms with Crippen molar-refractivity contribution in [2.45, 2.75) is 11.4 Å². The summed E-state index contributed by atoms with van der Waals surface area (Å²) in [6.07, 6.45) is 0. The molecule has 2 saturated heterocycles. The highest BCUT2D eigenvalue weighted by Crippen LogP contribution is 2.30. The molecule has 0 aliphatic carbocycles. The fraction of sp³-hybridized carbons (Fsp3) is 0.786. The number of carbonyl (C=O) groups is 3. The topological polar surface area (TPSA) is 79.4 Å². The van der Waals surface area contributed by atoms with E-state index in [0.717, 1.165) is 26.2 Å². The van der Waals surface area contributed by atoms with Crippen LogP contribution in [-0.4, -0.2) is 104 Å². The Kier molecular flexibility index (Phi) is 6.25. The number of piperazine rings is 1. The van der Waals surface area contributed by atoms with Crippen LogP contribution < -0.4 is 0 Å². The molecule has 2 rings (SSSR count). The lowest BCUT2D eigenvalue weighted by Gasteiger charge is -2.34.